The number of anilines is 3. The summed E-state index contributed by atoms with van der Waals surface area (Å²) in [6.07, 6.45) is 8.35. The Morgan fingerprint density at radius 3 is 2.22 bits per heavy atom. The van der Waals surface area contributed by atoms with Crippen LogP contribution in [0.25, 0.3) is 11.1 Å². The Morgan fingerprint density at radius 2 is 1.50 bits per heavy atom. The first kappa shape index (κ1) is 24.1. The summed E-state index contributed by atoms with van der Waals surface area (Å²) in [5.41, 5.74) is 5.60. The van der Waals surface area contributed by atoms with Gasteiger partial charge in [0.05, 0.1) is 5.69 Å². The molecule has 2 aliphatic carbocycles. The lowest BCUT2D eigenvalue weighted by atomic mass is 9.91. The van der Waals surface area contributed by atoms with Crippen LogP contribution in [0.1, 0.15) is 49.8 Å². The molecule has 7 nitrogen and oxygen atoms in total. The van der Waals surface area contributed by atoms with Gasteiger partial charge in [-0.1, -0.05) is 42.5 Å². The summed E-state index contributed by atoms with van der Waals surface area (Å²) in [5.74, 6) is 1.79. The van der Waals surface area contributed by atoms with E-state index in [2.05, 4.69) is 47.1 Å². The van der Waals surface area contributed by atoms with Crippen LogP contribution in [0.5, 0.6) is 0 Å². The molecule has 0 unspecified atom stereocenters. The molecule has 5 rings (SSSR count). The molecule has 0 aliphatic heterocycles. The van der Waals surface area contributed by atoms with Gasteiger partial charge in [0.15, 0.2) is 0 Å². The van der Waals surface area contributed by atoms with E-state index in [1.807, 2.05) is 42.5 Å². The van der Waals surface area contributed by atoms with Crippen molar-refractivity contribution >= 4 is 23.5 Å². The fourth-order valence-corrected chi connectivity index (χ4v) is 5.30. The topological polar surface area (TPSA) is 82.2 Å². The maximum absolute atomic E-state index is 12.6. The summed E-state index contributed by atoms with van der Waals surface area (Å²) in [7, 11) is 4.11. The van der Waals surface area contributed by atoms with Crippen molar-refractivity contribution in [3.05, 3.63) is 65.9 Å². The predicted molar refractivity (Wildman–Crippen MR) is 147 cm³/mol. The Bertz CT molecular complexity index is 1170. The third-order valence-corrected chi connectivity index (χ3v) is 7.23. The van der Waals surface area contributed by atoms with Gasteiger partial charge in [0, 0.05) is 37.4 Å². The Kier molecular flexibility index (Phi) is 7.35. The van der Waals surface area contributed by atoms with Crippen LogP contribution >= 0.6 is 0 Å². The molecule has 1 fully saturated rings. The molecule has 2 amide bonds. The van der Waals surface area contributed by atoms with E-state index in [4.69, 9.17) is 9.97 Å². The first-order chi connectivity index (χ1) is 17.5. The van der Waals surface area contributed by atoms with E-state index in [-0.39, 0.29) is 12.1 Å². The van der Waals surface area contributed by atoms with Crippen LogP contribution in [0.3, 0.4) is 0 Å². The minimum absolute atomic E-state index is 0.146. The minimum Gasteiger partial charge on any atom is -0.362 e. The van der Waals surface area contributed by atoms with Crippen LogP contribution in [0.15, 0.2) is 54.6 Å². The molecule has 36 heavy (non-hydrogen) atoms. The number of aryl methyl sites for hydroxylation is 1. The summed E-state index contributed by atoms with van der Waals surface area (Å²) in [6.45, 7) is 0. The summed E-state index contributed by atoms with van der Waals surface area (Å²) in [6, 6.07) is 18.6. The normalized spacial score (nSPS) is 19.2. The van der Waals surface area contributed by atoms with Crippen molar-refractivity contribution in [2.75, 3.05) is 29.6 Å². The molecule has 188 valence electrons. The van der Waals surface area contributed by atoms with Crippen LogP contribution in [0.4, 0.5) is 22.2 Å². The molecule has 0 bridgehead atoms. The molecule has 0 radical (unpaired) electrons. The van der Waals surface area contributed by atoms with Gasteiger partial charge in [-0.25, -0.2) is 9.78 Å². The number of fused-ring (bicyclic) bond motifs is 1. The quantitative estimate of drug-likeness (QED) is 0.422. The first-order valence-corrected chi connectivity index (χ1v) is 13.1. The van der Waals surface area contributed by atoms with Crippen LogP contribution in [0, 0.1) is 0 Å². The number of aromatic nitrogens is 2. The number of hydrogen-bond donors (Lipinski definition) is 3. The average Bonchev–Trinajstić information content (AvgIpc) is 2.90. The number of carbonyl (C=O) groups is 1. The Morgan fingerprint density at radius 1 is 0.833 bits per heavy atom. The molecule has 7 heteroatoms. The van der Waals surface area contributed by atoms with E-state index in [1.54, 1.807) is 0 Å². The molecule has 0 spiro atoms. The average molecular weight is 485 g/mol. The zero-order valence-electron chi connectivity index (χ0n) is 21.3. The third-order valence-electron chi connectivity index (χ3n) is 7.23. The van der Waals surface area contributed by atoms with Gasteiger partial charge in [0.1, 0.15) is 5.82 Å². The van der Waals surface area contributed by atoms with Gasteiger partial charge in [-0.15, -0.1) is 0 Å². The van der Waals surface area contributed by atoms with Gasteiger partial charge in [-0.3, -0.25) is 0 Å². The highest BCUT2D eigenvalue weighted by molar-refractivity contribution is 5.89. The number of hydrogen-bond acceptors (Lipinski definition) is 5. The number of amides is 2. The Balaban J connectivity index is 1.11. The Labute approximate surface area is 213 Å². The maximum atomic E-state index is 12.6. The molecule has 2 aliphatic rings. The molecule has 1 aromatic heterocycles. The van der Waals surface area contributed by atoms with Crippen LogP contribution in [-0.4, -0.2) is 42.2 Å². The number of nitrogens with zero attached hydrogens (tertiary/aromatic N) is 3. The number of carbonyl (C=O) groups excluding carboxylic acids is 1. The van der Waals surface area contributed by atoms with Crippen molar-refractivity contribution < 1.29 is 4.79 Å². The largest absolute Gasteiger partial charge is 0.362 e. The van der Waals surface area contributed by atoms with E-state index < -0.39 is 0 Å². The van der Waals surface area contributed by atoms with E-state index >= 15 is 0 Å². The number of benzene rings is 2. The van der Waals surface area contributed by atoms with Crippen molar-refractivity contribution in [2.24, 2.45) is 0 Å². The van der Waals surface area contributed by atoms with E-state index in [9.17, 15) is 4.79 Å². The number of nitrogens with one attached hydrogen (secondary N) is 3. The van der Waals surface area contributed by atoms with Crippen LogP contribution in [-0.2, 0) is 12.8 Å². The lowest BCUT2D eigenvalue weighted by molar-refractivity contribution is 0.243. The van der Waals surface area contributed by atoms with E-state index in [0.29, 0.717) is 6.04 Å². The Hall–Kier alpha value is -3.61. The molecule has 0 saturated heterocycles. The summed E-state index contributed by atoms with van der Waals surface area (Å²) in [5, 5.41) is 9.70. The van der Waals surface area contributed by atoms with Gasteiger partial charge in [-0.2, -0.15) is 4.98 Å². The fourth-order valence-electron chi connectivity index (χ4n) is 5.30. The monoisotopic (exact) mass is 484 g/mol. The molecule has 2 aromatic carbocycles. The zero-order valence-corrected chi connectivity index (χ0v) is 21.3. The van der Waals surface area contributed by atoms with Crippen molar-refractivity contribution in [3.8, 4) is 11.1 Å². The standard InChI is InChI=1S/C29H36N6O/c1-35(2)27-25-10-6-7-11-26(25)33-28(34-27)30-22-16-18-24(19-17-22)32-29(36)31-23-14-12-21(13-15-23)20-8-4-3-5-9-20/h3-5,8-9,12-15,22,24H,6-7,10-11,16-19H2,1-2H3,(H,30,33,34)(H2,31,32,36)/t22-,24+. The second-order valence-corrected chi connectivity index (χ2v) is 10.1. The van der Waals surface area contributed by atoms with Gasteiger partial charge in [0.25, 0.3) is 0 Å². The van der Waals surface area contributed by atoms with Gasteiger partial charge < -0.3 is 20.9 Å². The van der Waals surface area contributed by atoms with Crippen molar-refractivity contribution in [1.29, 1.82) is 0 Å². The minimum atomic E-state index is -0.146. The SMILES string of the molecule is CN(C)c1nc(N[C@H]2CC[C@@H](NC(=O)Nc3ccc(-c4ccccc4)cc3)CC2)nc2c1CCCC2. The van der Waals surface area contributed by atoms with Crippen LogP contribution < -0.4 is 20.9 Å². The number of urea groups is 1. The highest BCUT2D eigenvalue weighted by Gasteiger charge is 2.25. The molecule has 3 N–H and O–H groups in total. The summed E-state index contributed by atoms with van der Waals surface area (Å²) >= 11 is 0. The van der Waals surface area contributed by atoms with Crippen LogP contribution in [0.2, 0.25) is 0 Å². The third kappa shape index (κ3) is 5.78. The van der Waals surface area contributed by atoms with E-state index in [1.165, 1.54) is 24.1 Å². The zero-order chi connectivity index (χ0) is 24.9. The van der Waals surface area contributed by atoms with Crippen molar-refractivity contribution in [3.63, 3.8) is 0 Å². The summed E-state index contributed by atoms with van der Waals surface area (Å²) < 4.78 is 0. The van der Waals surface area contributed by atoms with E-state index in [0.717, 1.165) is 67.1 Å². The van der Waals surface area contributed by atoms with Gasteiger partial charge in [-0.05, 0) is 74.6 Å². The predicted octanol–water partition coefficient (Wildman–Crippen LogP) is 5.63. The summed E-state index contributed by atoms with van der Waals surface area (Å²) in [4.78, 5) is 24.4. The molecule has 3 aromatic rings. The van der Waals surface area contributed by atoms with Gasteiger partial charge >= 0.3 is 6.03 Å². The molecule has 1 heterocycles. The first-order valence-electron chi connectivity index (χ1n) is 13.1. The fraction of sp³-hybridized carbons (Fsp3) is 0.414. The highest BCUT2D eigenvalue weighted by Crippen LogP contribution is 2.29. The van der Waals surface area contributed by atoms with Gasteiger partial charge in [0.2, 0.25) is 5.95 Å². The van der Waals surface area contributed by atoms with Crippen molar-refractivity contribution in [1.82, 2.24) is 15.3 Å². The van der Waals surface area contributed by atoms with Crippen molar-refractivity contribution in [2.45, 2.75) is 63.5 Å². The second-order valence-electron chi connectivity index (χ2n) is 10.1. The number of rotatable bonds is 6. The molecule has 1 saturated carbocycles. The smallest absolute Gasteiger partial charge is 0.319 e. The lowest BCUT2D eigenvalue weighted by Gasteiger charge is -2.30. The molecular formula is C29H36N6O. The molecular weight excluding hydrogens is 448 g/mol. The molecule has 0 atom stereocenters. The maximum Gasteiger partial charge on any atom is 0.319 e. The highest BCUT2D eigenvalue weighted by atomic mass is 16.2. The lowest BCUT2D eigenvalue weighted by Crippen LogP contribution is -2.42. The second kappa shape index (κ2) is 11.0.